The van der Waals surface area contributed by atoms with Crippen molar-refractivity contribution in [1.82, 2.24) is 14.5 Å². The minimum absolute atomic E-state index is 0.136. The fourth-order valence-electron chi connectivity index (χ4n) is 4.16. The van der Waals surface area contributed by atoms with E-state index in [1.54, 1.807) is 11.5 Å². The highest BCUT2D eigenvalue weighted by Gasteiger charge is 2.38. The maximum absolute atomic E-state index is 13.0. The van der Waals surface area contributed by atoms with Crippen molar-refractivity contribution >= 4 is 16.8 Å². The maximum Gasteiger partial charge on any atom is 0.258 e. The summed E-state index contributed by atoms with van der Waals surface area (Å²) < 4.78 is 7.80. The van der Waals surface area contributed by atoms with E-state index in [0.29, 0.717) is 22.8 Å². The summed E-state index contributed by atoms with van der Waals surface area (Å²) in [6.07, 6.45) is 0. The van der Waals surface area contributed by atoms with Gasteiger partial charge >= 0.3 is 0 Å². The van der Waals surface area contributed by atoms with Gasteiger partial charge in [0, 0.05) is 12.3 Å². The number of aryl methyl sites for hydroxylation is 2. The van der Waals surface area contributed by atoms with Gasteiger partial charge in [-0.05, 0) is 31.5 Å². The van der Waals surface area contributed by atoms with E-state index in [0.717, 1.165) is 22.0 Å². The first-order valence-corrected chi connectivity index (χ1v) is 9.45. The Hall–Kier alpha value is -3.67. The van der Waals surface area contributed by atoms with Crippen molar-refractivity contribution in [2.24, 2.45) is 0 Å². The number of para-hydroxylation sites is 1. The van der Waals surface area contributed by atoms with Crippen LogP contribution in [-0.2, 0) is 0 Å². The lowest BCUT2D eigenvalue weighted by atomic mass is 9.87. The molecule has 5 rings (SSSR count). The van der Waals surface area contributed by atoms with Crippen LogP contribution in [-0.4, -0.2) is 20.4 Å². The molecule has 0 saturated heterocycles. The smallest absolute Gasteiger partial charge is 0.258 e. The van der Waals surface area contributed by atoms with E-state index in [4.69, 9.17) is 4.74 Å². The topological polar surface area (TPSA) is 77.0 Å². The van der Waals surface area contributed by atoms with Gasteiger partial charge in [-0.3, -0.25) is 14.2 Å². The first-order valence-electron chi connectivity index (χ1n) is 9.45. The number of benzene rings is 2. The van der Waals surface area contributed by atoms with Gasteiger partial charge in [0.2, 0.25) is 11.8 Å². The molecule has 1 N–H and O–H groups in total. The van der Waals surface area contributed by atoms with E-state index < -0.39 is 5.92 Å². The zero-order valence-electron chi connectivity index (χ0n) is 16.3. The van der Waals surface area contributed by atoms with Crippen molar-refractivity contribution in [3.63, 3.8) is 0 Å². The van der Waals surface area contributed by atoms with Crippen molar-refractivity contribution in [1.29, 1.82) is 0 Å². The van der Waals surface area contributed by atoms with Crippen LogP contribution >= 0.6 is 0 Å². The lowest BCUT2D eigenvalue weighted by Crippen LogP contribution is -2.27. The van der Waals surface area contributed by atoms with Gasteiger partial charge in [0.1, 0.15) is 5.82 Å². The molecule has 1 atom stereocenters. The van der Waals surface area contributed by atoms with E-state index in [2.05, 4.69) is 9.97 Å². The Kier molecular flexibility index (Phi) is 3.71. The van der Waals surface area contributed by atoms with Crippen LogP contribution in [0.15, 0.2) is 53.3 Å². The molecule has 0 spiro atoms. The normalized spacial score (nSPS) is 14.9. The Morgan fingerprint density at radius 1 is 1.10 bits per heavy atom. The molecule has 2 aromatic heterocycles. The fourth-order valence-corrected chi connectivity index (χ4v) is 4.16. The van der Waals surface area contributed by atoms with E-state index in [-0.39, 0.29) is 17.3 Å². The van der Waals surface area contributed by atoms with Crippen molar-refractivity contribution < 1.29 is 9.53 Å². The number of hydrogen-bond donors (Lipinski definition) is 1. The van der Waals surface area contributed by atoms with Crippen LogP contribution in [0.1, 0.15) is 45.8 Å². The van der Waals surface area contributed by atoms with Crippen LogP contribution in [0.5, 0.6) is 11.6 Å². The Balaban J connectivity index is 1.93. The van der Waals surface area contributed by atoms with Gasteiger partial charge in [0.05, 0.1) is 22.7 Å². The largest absolute Gasteiger partial charge is 0.436 e. The molecule has 0 bridgehead atoms. The predicted octanol–water partition coefficient (Wildman–Crippen LogP) is 4.29. The monoisotopic (exact) mass is 385 g/mol. The zero-order valence-corrected chi connectivity index (χ0v) is 16.3. The number of carbonyl (C=O) groups is 1. The Bertz CT molecular complexity index is 1350. The third kappa shape index (κ3) is 2.52. The minimum atomic E-state index is -0.470. The minimum Gasteiger partial charge on any atom is -0.436 e. The number of nitrogens with one attached hydrogen (secondary N) is 1. The summed E-state index contributed by atoms with van der Waals surface area (Å²) in [5, 5.41) is 0.820. The first-order chi connectivity index (χ1) is 14.0. The molecule has 6 heteroatoms. The average molecular weight is 385 g/mol. The SMILES string of the molecule is CC(=O)n1c2c(c3ccccc31)Oc1nc(C)[nH]c(=O)c1C2c1ccc(C)cc1. The summed E-state index contributed by atoms with van der Waals surface area (Å²) in [7, 11) is 0. The van der Waals surface area contributed by atoms with E-state index in [1.807, 2.05) is 55.5 Å². The summed E-state index contributed by atoms with van der Waals surface area (Å²) in [4.78, 5) is 32.9. The average Bonchev–Trinajstić information content (AvgIpc) is 3.01. The van der Waals surface area contributed by atoms with Gasteiger partial charge in [0.15, 0.2) is 5.75 Å². The molecule has 0 amide bonds. The fraction of sp³-hybridized carbons (Fsp3) is 0.174. The molecular formula is C23H19N3O3. The first kappa shape index (κ1) is 17.4. The number of rotatable bonds is 1. The Morgan fingerprint density at radius 2 is 1.83 bits per heavy atom. The second kappa shape index (κ2) is 6.17. The molecule has 4 aromatic rings. The lowest BCUT2D eigenvalue weighted by Gasteiger charge is -2.26. The molecule has 0 saturated carbocycles. The number of hydrogen-bond acceptors (Lipinski definition) is 4. The van der Waals surface area contributed by atoms with Gasteiger partial charge in [-0.15, -0.1) is 0 Å². The van der Waals surface area contributed by atoms with Gasteiger partial charge in [-0.25, -0.2) is 0 Å². The van der Waals surface area contributed by atoms with Crippen LogP contribution < -0.4 is 10.3 Å². The molecule has 6 nitrogen and oxygen atoms in total. The number of aromatic nitrogens is 3. The summed E-state index contributed by atoms with van der Waals surface area (Å²) in [6.45, 7) is 5.25. The third-order valence-corrected chi connectivity index (χ3v) is 5.39. The highest BCUT2D eigenvalue weighted by molar-refractivity contribution is 5.98. The molecule has 144 valence electrons. The number of ether oxygens (including phenoxy) is 1. The predicted molar refractivity (Wildman–Crippen MR) is 110 cm³/mol. The Labute approximate surface area is 166 Å². The quantitative estimate of drug-likeness (QED) is 0.467. The van der Waals surface area contributed by atoms with Gasteiger partial charge < -0.3 is 9.72 Å². The molecule has 0 fully saturated rings. The number of aromatic amines is 1. The van der Waals surface area contributed by atoms with Gasteiger partial charge in [-0.1, -0.05) is 42.0 Å². The summed E-state index contributed by atoms with van der Waals surface area (Å²) >= 11 is 0. The van der Waals surface area contributed by atoms with Gasteiger partial charge in [-0.2, -0.15) is 4.98 Å². The number of fused-ring (bicyclic) bond motifs is 4. The van der Waals surface area contributed by atoms with Crippen molar-refractivity contribution in [3.05, 3.63) is 87.1 Å². The molecule has 0 aliphatic carbocycles. The molecule has 1 aliphatic rings. The molecule has 3 heterocycles. The van der Waals surface area contributed by atoms with Crippen LogP contribution in [0.25, 0.3) is 10.9 Å². The molecule has 0 radical (unpaired) electrons. The zero-order chi connectivity index (χ0) is 20.3. The number of H-pyrrole nitrogens is 1. The molecular weight excluding hydrogens is 366 g/mol. The van der Waals surface area contributed by atoms with Crippen LogP contribution in [0, 0.1) is 13.8 Å². The second-order valence-electron chi connectivity index (χ2n) is 7.40. The number of carbonyl (C=O) groups excluding carboxylic acids is 1. The third-order valence-electron chi connectivity index (χ3n) is 5.39. The summed E-state index contributed by atoms with van der Waals surface area (Å²) in [5.41, 5.74) is 3.59. The van der Waals surface area contributed by atoms with Crippen molar-refractivity contribution in [2.45, 2.75) is 26.7 Å². The summed E-state index contributed by atoms with van der Waals surface area (Å²) in [6, 6.07) is 15.6. The van der Waals surface area contributed by atoms with Crippen LogP contribution in [0.4, 0.5) is 0 Å². The molecule has 29 heavy (non-hydrogen) atoms. The molecule has 1 unspecified atom stereocenters. The highest BCUT2D eigenvalue weighted by atomic mass is 16.5. The second-order valence-corrected chi connectivity index (χ2v) is 7.40. The lowest BCUT2D eigenvalue weighted by molar-refractivity contribution is 0.0937. The molecule has 1 aliphatic heterocycles. The Morgan fingerprint density at radius 3 is 2.55 bits per heavy atom. The standard InChI is InChI=1S/C23H19N3O3/c1-12-8-10-15(11-9-12)18-19-22(28)24-13(2)25-23(19)29-21-16-6-4-5-7-17(16)26(14(3)27)20(18)21/h4-11,18H,1-3H3,(H,24,25,28). The highest BCUT2D eigenvalue weighted by Crippen LogP contribution is 2.49. The van der Waals surface area contributed by atoms with E-state index >= 15 is 0 Å². The van der Waals surface area contributed by atoms with Crippen LogP contribution in [0.2, 0.25) is 0 Å². The maximum atomic E-state index is 13.0. The van der Waals surface area contributed by atoms with Gasteiger partial charge in [0.25, 0.3) is 5.56 Å². The van der Waals surface area contributed by atoms with E-state index in [9.17, 15) is 9.59 Å². The van der Waals surface area contributed by atoms with Crippen molar-refractivity contribution in [2.75, 3.05) is 0 Å². The van der Waals surface area contributed by atoms with Crippen LogP contribution in [0.3, 0.4) is 0 Å². The van der Waals surface area contributed by atoms with Crippen molar-refractivity contribution in [3.8, 4) is 11.6 Å². The molecule has 2 aromatic carbocycles. The van der Waals surface area contributed by atoms with E-state index in [1.165, 1.54) is 6.92 Å². The number of nitrogens with zero attached hydrogens (tertiary/aromatic N) is 2. The summed E-state index contributed by atoms with van der Waals surface area (Å²) in [5.74, 6) is 0.739.